The number of aromatic nitrogens is 3. The van der Waals surface area contributed by atoms with Gasteiger partial charge in [0.15, 0.2) is 10.4 Å². The molecule has 0 bridgehead atoms. The van der Waals surface area contributed by atoms with Crippen molar-refractivity contribution in [2.45, 2.75) is 33.7 Å². The summed E-state index contributed by atoms with van der Waals surface area (Å²) in [5.74, 6) is 0.151. The van der Waals surface area contributed by atoms with Crippen LogP contribution in [-0.4, -0.2) is 38.4 Å². The Kier molecular flexibility index (Phi) is 4.54. The molecule has 0 atom stereocenters. The van der Waals surface area contributed by atoms with Crippen molar-refractivity contribution in [2.24, 2.45) is 0 Å². The van der Waals surface area contributed by atoms with Gasteiger partial charge in [-0.3, -0.25) is 4.79 Å². The van der Waals surface area contributed by atoms with Gasteiger partial charge in [-0.2, -0.15) is 0 Å². The summed E-state index contributed by atoms with van der Waals surface area (Å²) < 4.78 is 2.51. The van der Waals surface area contributed by atoms with Crippen LogP contribution in [0.5, 0.6) is 0 Å². The molecule has 5 nitrogen and oxygen atoms in total. The third-order valence-electron chi connectivity index (χ3n) is 3.41. The van der Waals surface area contributed by atoms with Gasteiger partial charge in [0.1, 0.15) is 0 Å². The van der Waals surface area contributed by atoms with Gasteiger partial charge < -0.3 is 14.5 Å². The molecule has 0 aliphatic heterocycles. The molecule has 1 N–H and O–H groups in total. The van der Waals surface area contributed by atoms with Crippen LogP contribution in [0.15, 0.2) is 12.3 Å². The zero-order chi connectivity index (χ0) is 14.7. The number of carbonyl (C=O) groups excluding carboxylic acids is 1. The molecule has 2 aromatic rings. The minimum absolute atomic E-state index is 0.151. The molecule has 0 unspecified atom stereocenters. The highest BCUT2D eigenvalue weighted by Crippen LogP contribution is 2.13. The normalized spacial score (nSPS) is 10.9. The number of nitrogens with zero attached hydrogens (tertiary/aromatic N) is 3. The van der Waals surface area contributed by atoms with Gasteiger partial charge in [-0.25, -0.2) is 4.98 Å². The first kappa shape index (κ1) is 14.7. The number of nitrogens with one attached hydrogen (secondary N) is 1. The molecule has 0 spiro atoms. The fourth-order valence-electron chi connectivity index (χ4n) is 2.30. The maximum atomic E-state index is 12.0. The molecule has 0 aromatic carbocycles. The number of aromatic amines is 1. The van der Waals surface area contributed by atoms with Crippen LogP contribution in [0.1, 0.15) is 25.8 Å². The van der Waals surface area contributed by atoms with Gasteiger partial charge in [0.25, 0.3) is 0 Å². The molecule has 0 saturated carbocycles. The summed E-state index contributed by atoms with van der Waals surface area (Å²) in [7, 11) is 0. The van der Waals surface area contributed by atoms with Gasteiger partial charge in [0.2, 0.25) is 5.91 Å². The van der Waals surface area contributed by atoms with E-state index < -0.39 is 0 Å². The van der Waals surface area contributed by atoms with Crippen LogP contribution in [0.4, 0.5) is 0 Å². The Balaban J connectivity index is 2.20. The molecule has 2 heterocycles. The first-order valence-electron chi connectivity index (χ1n) is 6.89. The van der Waals surface area contributed by atoms with E-state index in [1.165, 1.54) is 0 Å². The fraction of sp³-hybridized carbons (Fsp3) is 0.500. The summed E-state index contributed by atoms with van der Waals surface area (Å²) in [5, 5.41) is 0. The Morgan fingerprint density at radius 3 is 2.80 bits per heavy atom. The van der Waals surface area contributed by atoms with E-state index in [1.807, 2.05) is 42.5 Å². The summed E-state index contributed by atoms with van der Waals surface area (Å²) >= 11 is 5.31. The molecular formula is C14H20N4OS. The van der Waals surface area contributed by atoms with Gasteiger partial charge in [0.05, 0.1) is 5.52 Å². The van der Waals surface area contributed by atoms with Gasteiger partial charge in [-0.1, -0.05) is 0 Å². The molecule has 6 heteroatoms. The van der Waals surface area contributed by atoms with Crippen LogP contribution in [0.3, 0.4) is 0 Å². The summed E-state index contributed by atoms with van der Waals surface area (Å²) in [4.78, 5) is 21.4. The predicted octanol–water partition coefficient (Wildman–Crippen LogP) is 2.66. The van der Waals surface area contributed by atoms with E-state index >= 15 is 0 Å². The SMILES string of the molecule is CCN(CC)C(=O)CCn1c(=S)[nH]c2cc(C)cnc21. The average molecular weight is 292 g/mol. The fourth-order valence-corrected chi connectivity index (χ4v) is 2.58. The number of hydrogen-bond donors (Lipinski definition) is 1. The van der Waals surface area contributed by atoms with Gasteiger partial charge in [-0.15, -0.1) is 0 Å². The number of aryl methyl sites for hydroxylation is 2. The molecule has 2 aromatic heterocycles. The smallest absolute Gasteiger partial charge is 0.224 e. The van der Waals surface area contributed by atoms with Crippen molar-refractivity contribution in [3.05, 3.63) is 22.6 Å². The summed E-state index contributed by atoms with van der Waals surface area (Å²) in [6.45, 7) is 8.01. The number of H-pyrrole nitrogens is 1. The van der Waals surface area contributed by atoms with E-state index in [4.69, 9.17) is 12.2 Å². The maximum absolute atomic E-state index is 12.0. The van der Waals surface area contributed by atoms with E-state index in [9.17, 15) is 4.79 Å². The highest BCUT2D eigenvalue weighted by atomic mass is 32.1. The highest BCUT2D eigenvalue weighted by molar-refractivity contribution is 7.71. The van der Waals surface area contributed by atoms with E-state index in [-0.39, 0.29) is 5.91 Å². The predicted molar refractivity (Wildman–Crippen MR) is 82.2 cm³/mol. The number of pyridine rings is 1. The zero-order valence-corrected chi connectivity index (χ0v) is 13.0. The topological polar surface area (TPSA) is 53.9 Å². The second-order valence-corrected chi connectivity index (χ2v) is 5.17. The molecule has 2 rings (SSSR count). The third-order valence-corrected chi connectivity index (χ3v) is 3.73. The van der Waals surface area contributed by atoms with E-state index in [1.54, 1.807) is 0 Å². The molecular weight excluding hydrogens is 272 g/mol. The van der Waals surface area contributed by atoms with Crippen molar-refractivity contribution in [3.8, 4) is 0 Å². The summed E-state index contributed by atoms with van der Waals surface area (Å²) in [6.07, 6.45) is 2.26. The summed E-state index contributed by atoms with van der Waals surface area (Å²) in [5.41, 5.74) is 2.82. The van der Waals surface area contributed by atoms with Crippen LogP contribution >= 0.6 is 12.2 Å². The lowest BCUT2D eigenvalue weighted by atomic mass is 10.3. The minimum atomic E-state index is 0.151. The molecule has 20 heavy (non-hydrogen) atoms. The number of amides is 1. The van der Waals surface area contributed by atoms with Crippen LogP contribution in [0, 0.1) is 11.7 Å². The molecule has 0 radical (unpaired) electrons. The van der Waals surface area contributed by atoms with Crippen molar-refractivity contribution < 1.29 is 4.79 Å². The van der Waals surface area contributed by atoms with Gasteiger partial charge in [-0.05, 0) is 44.6 Å². The number of imidazole rings is 1. The Bertz CT molecular complexity index is 669. The lowest BCUT2D eigenvalue weighted by molar-refractivity contribution is -0.131. The zero-order valence-electron chi connectivity index (χ0n) is 12.1. The van der Waals surface area contributed by atoms with Crippen molar-refractivity contribution in [1.29, 1.82) is 0 Å². The highest BCUT2D eigenvalue weighted by Gasteiger charge is 2.12. The second-order valence-electron chi connectivity index (χ2n) is 4.78. The van der Waals surface area contributed by atoms with Crippen molar-refractivity contribution in [2.75, 3.05) is 13.1 Å². The Hall–Kier alpha value is -1.69. The Labute approximate surface area is 123 Å². The first-order valence-corrected chi connectivity index (χ1v) is 7.30. The van der Waals surface area contributed by atoms with E-state index in [2.05, 4.69) is 9.97 Å². The number of hydrogen-bond acceptors (Lipinski definition) is 3. The lowest BCUT2D eigenvalue weighted by Gasteiger charge is -2.18. The molecule has 0 aliphatic carbocycles. The first-order chi connectivity index (χ1) is 9.56. The van der Waals surface area contributed by atoms with E-state index in [0.29, 0.717) is 17.7 Å². The van der Waals surface area contributed by atoms with Crippen molar-refractivity contribution >= 4 is 29.3 Å². The van der Waals surface area contributed by atoms with Crippen LogP contribution in [0.2, 0.25) is 0 Å². The Morgan fingerprint density at radius 1 is 1.45 bits per heavy atom. The molecule has 108 valence electrons. The second kappa shape index (κ2) is 6.17. The number of rotatable bonds is 5. The van der Waals surface area contributed by atoms with Crippen LogP contribution in [0.25, 0.3) is 11.2 Å². The van der Waals surface area contributed by atoms with Crippen LogP contribution < -0.4 is 0 Å². The van der Waals surface area contributed by atoms with Gasteiger partial charge >= 0.3 is 0 Å². The maximum Gasteiger partial charge on any atom is 0.224 e. The number of carbonyl (C=O) groups is 1. The number of fused-ring (bicyclic) bond motifs is 1. The molecule has 0 saturated heterocycles. The Morgan fingerprint density at radius 2 is 2.15 bits per heavy atom. The van der Waals surface area contributed by atoms with Crippen molar-refractivity contribution in [1.82, 2.24) is 19.4 Å². The monoisotopic (exact) mass is 292 g/mol. The van der Waals surface area contributed by atoms with E-state index in [0.717, 1.165) is 29.8 Å². The third kappa shape index (κ3) is 2.90. The average Bonchev–Trinajstić information content (AvgIpc) is 2.72. The standard InChI is InChI=1S/C14H20N4OS/c1-4-17(5-2)12(19)6-7-18-13-11(16-14(18)20)8-10(3)9-15-13/h8-9H,4-7H2,1-3H3,(H,16,20). The lowest BCUT2D eigenvalue weighted by Crippen LogP contribution is -2.31. The van der Waals surface area contributed by atoms with Gasteiger partial charge in [0, 0.05) is 32.3 Å². The molecule has 0 fully saturated rings. The molecule has 0 aliphatic rings. The van der Waals surface area contributed by atoms with Crippen molar-refractivity contribution in [3.63, 3.8) is 0 Å². The summed E-state index contributed by atoms with van der Waals surface area (Å²) in [6, 6.07) is 2.01. The quantitative estimate of drug-likeness (QED) is 0.862. The minimum Gasteiger partial charge on any atom is -0.343 e. The van der Waals surface area contributed by atoms with Crippen LogP contribution in [-0.2, 0) is 11.3 Å². The molecule has 1 amide bonds. The largest absolute Gasteiger partial charge is 0.343 e.